The summed E-state index contributed by atoms with van der Waals surface area (Å²) in [5.41, 5.74) is 0.559. The van der Waals surface area contributed by atoms with Crippen molar-refractivity contribution in [1.29, 1.82) is 0 Å². The first-order valence-corrected chi connectivity index (χ1v) is 7.52. The van der Waals surface area contributed by atoms with Crippen molar-refractivity contribution in [2.24, 2.45) is 0 Å². The summed E-state index contributed by atoms with van der Waals surface area (Å²) in [5.74, 6) is -0.0778. The third kappa shape index (κ3) is 2.82. The Hall–Kier alpha value is -1.27. The zero-order valence-corrected chi connectivity index (χ0v) is 12.8. The van der Waals surface area contributed by atoms with Gasteiger partial charge in [-0.1, -0.05) is 11.6 Å². The number of methoxy groups -OCH3 is 1. The first-order chi connectivity index (χ1) is 10.4. The topological polar surface area (TPSA) is 48.4 Å². The maximum absolute atomic E-state index is 12.3. The number of alkyl halides is 2. The van der Waals surface area contributed by atoms with E-state index in [1.54, 1.807) is 6.07 Å². The summed E-state index contributed by atoms with van der Waals surface area (Å²) >= 11 is 6.06. The van der Waals surface area contributed by atoms with Crippen LogP contribution in [0, 0.1) is 0 Å². The van der Waals surface area contributed by atoms with Gasteiger partial charge in [-0.25, -0.2) is 4.98 Å². The third-order valence-electron chi connectivity index (χ3n) is 4.39. The molecule has 22 heavy (non-hydrogen) atoms. The molecule has 0 N–H and O–H groups in total. The van der Waals surface area contributed by atoms with Gasteiger partial charge in [-0.15, -0.1) is 0 Å². The van der Waals surface area contributed by atoms with Crippen LogP contribution in [0.2, 0.25) is 5.15 Å². The van der Waals surface area contributed by atoms with Gasteiger partial charge in [0, 0.05) is 11.6 Å². The Morgan fingerprint density at radius 2 is 2.09 bits per heavy atom. The van der Waals surface area contributed by atoms with Crippen LogP contribution in [-0.4, -0.2) is 30.8 Å². The fourth-order valence-electron chi connectivity index (χ4n) is 3.06. The lowest BCUT2D eigenvalue weighted by atomic mass is 9.62. The molecular weight excluding hydrogens is 316 g/mol. The molecule has 0 radical (unpaired) electrons. The maximum Gasteiger partial charge on any atom is 0.345 e. The van der Waals surface area contributed by atoms with E-state index < -0.39 is 24.1 Å². The molecule has 1 heterocycles. The second kappa shape index (κ2) is 5.74. The molecule has 7 heteroatoms. The number of hydrogen-bond donors (Lipinski definition) is 0. The maximum atomic E-state index is 12.3. The second-order valence-electron chi connectivity index (χ2n) is 5.88. The van der Waals surface area contributed by atoms with Gasteiger partial charge >= 0.3 is 12.6 Å². The Kier molecular flexibility index (Phi) is 4.07. The fourth-order valence-corrected chi connectivity index (χ4v) is 3.27. The van der Waals surface area contributed by atoms with Crippen molar-refractivity contribution in [2.75, 3.05) is 7.11 Å². The molecule has 0 aromatic carbocycles. The molecule has 0 bridgehead atoms. The van der Waals surface area contributed by atoms with Gasteiger partial charge in [-0.2, -0.15) is 8.78 Å². The highest BCUT2D eigenvalue weighted by Gasteiger charge is 2.54. The first kappa shape index (κ1) is 15.6. The molecule has 0 saturated heterocycles. The minimum absolute atomic E-state index is 0.161. The molecule has 3 rings (SSSR count). The highest BCUT2D eigenvalue weighted by atomic mass is 35.5. The van der Waals surface area contributed by atoms with Crippen molar-refractivity contribution in [3.63, 3.8) is 0 Å². The van der Waals surface area contributed by atoms with Crippen LogP contribution in [0.4, 0.5) is 8.78 Å². The Bertz CT molecular complexity index is 586. The summed E-state index contributed by atoms with van der Waals surface area (Å²) in [4.78, 5) is 16.5. The van der Waals surface area contributed by atoms with Gasteiger partial charge in [-0.05, 0) is 43.4 Å². The van der Waals surface area contributed by atoms with Crippen LogP contribution in [0.15, 0.2) is 12.1 Å². The van der Waals surface area contributed by atoms with Crippen molar-refractivity contribution >= 4 is 17.6 Å². The molecule has 1 aromatic rings. The minimum atomic E-state index is -2.84. The summed E-state index contributed by atoms with van der Waals surface area (Å²) in [5, 5.41) is 0.306. The van der Waals surface area contributed by atoms with E-state index in [0.29, 0.717) is 16.6 Å². The summed E-state index contributed by atoms with van der Waals surface area (Å²) in [6, 6.07) is 3.46. The van der Waals surface area contributed by atoms with Crippen molar-refractivity contribution < 1.29 is 23.0 Å². The van der Waals surface area contributed by atoms with Gasteiger partial charge in [0.2, 0.25) is 0 Å². The quantitative estimate of drug-likeness (QED) is 0.612. The number of pyridine rings is 1. The van der Waals surface area contributed by atoms with Crippen LogP contribution in [0.3, 0.4) is 0 Å². The van der Waals surface area contributed by atoms with E-state index in [1.807, 2.05) is 6.07 Å². The van der Waals surface area contributed by atoms with Crippen molar-refractivity contribution in [1.82, 2.24) is 4.98 Å². The third-order valence-corrected chi connectivity index (χ3v) is 4.58. The van der Waals surface area contributed by atoms with Crippen molar-refractivity contribution in [2.45, 2.75) is 49.7 Å². The SMILES string of the molecule is COC(=O)C1(c2cc(Cl)nc(C3CC3)c2)CC(OC(F)F)C1. The zero-order valence-electron chi connectivity index (χ0n) is 12.0. The lowest BCUT2D eigenvalue weighted by molar-refractivity contribution is -0.203. The van der Waals surface area contributed by atoms with Gasteiger partial charge in [-0.3, -0.25) is 4.79 Å². The molecule has 2 fully saturated rings. The monoisotopic (exact) mass is 331 g/mol. The number of aromatic nitrogens is 1. The highest BCUT2D eigenvalue weighted by molar-refractivity contribution is 6.29. The standard InChI is InChI=1S/C15H16ClF2NO3/c1-21-13(20)15(6-10(7-15)22-14(17)18)9-4-11(8-2-3-8)19-12(16)5-9/h4-5,8,10,14H,2-3,6-7H2,1H3. The van der Waals surface area contributed by atoms with Gasteiger partial charge < -0.3 is 9.47 Å². The van der Waals surface area contributed by atoms with Gasteiger partial charge in [0.1, 0.15) is 5.15 Å². The Balaban J connectivity index is 1.89. The number of ether oxygens (including phenoxy) is 2. The zero-order chi connectivity index (χ0) is 15.9. The number of hydrogen-bond acceptors (Lipinski definition) is 4. The Labute approximate surface area is 131 Å². The van der Waals surface area contributed by atoms with Crippen molar-refractivity contribution in [3.05, 3.63) is 28.5 Å². The van der Waals surface area contributed by atoms with E-state index in [-0.39, 0.29) is 12.8 Å². The number of esters is 1. The van der Waals surface area contributed by atoms with Crippen LogP contribution >= 0.6 is 11.6 Å². The van der Waals surface area contributed by atoms with Gasteiger partial charge in [0.15, 0.2) is 0 Å². The average Bonchev–Trinajstić information content (AvgIpc) is 3.24. The van der Waals surface area contributed by atoms with E-state index in [0.717, 1.165) is 18.5 Å². The summed E-state index contributed by atoms with van der Waals surface area (Å²) < 4.78 is 34.0. The van der Waals surface area contributed by atoms with E-state index >= 15 is 0 Å². The highest BCUT2D eigenvalue weighted by Crippen LogP contribution is 2.49. The molecule has 0 unspecified atom stereocenters. The summed E-state index contributed by atoms with van der Waals surface area (Å²) in [6.07, 6.45) is 1.77. The number of halogens is 3. The number of carbonyl (C=O) groups excluding carboxylic acids is 1. The largest absolute Gasteiger partial charge is 0.468 e. The summed E-state index contributed by atoms with van der Waals surface area (Å²) in [7, 11) is 1.29. The summed E-state index contributed by atoms with van der Waals surface area (Å²) in [6.45, 7) is -2.84. The Morgan fingerprint density at radius 1 is 1.41 bits per heavy atom. The lowest BCUT2D eigenvalue weighted by Gasteiger charge is -2.45. The van der Waals surface area contributed by atoms with Crippen molar-refractivity contribution in [3.8, 4) is 0 Å². The van der Waals surface area contributed by atoms with Crippen LogP contribution < -0.4 is 0 Å². The van der Waals surface area contributed by atoms with E-state index in [9.17, 15) is 13.6 Å². The number of carbonyl (C=O) groups is 1. The van der Waals surface area contributed by atoms with E-state index in [1.165, 1.54) is 7.11 Å². The molecule has 0 spiro atoms. The fraction of sp³-hybridized carbons (Fsp3) is 0.600. The molecule has 0 amide bonds. The predicted octanol–water partition coefficient (Wildman–Crippen LogP) is 3.42. The molecule has 4 nitrogen and oxygen atoms in total. The van der Waals surface area contributed by atoms with E-state index in [2.05, 4.69) is 9.72 Å². The molecule has 2 saturated carbocycles. The van der Waals surface area contributed by atoms with Crippen LogP contribution in [0.5, 0.6) is 0 Å². The van der Waals surface area contributed by atoms with Crippen LogP contribution in [0.25, 0.3) is 0 Å². The molecule has 2 aliphatic rings. The molecule has 0 aliphatic heterocycles. The minimum Gasteiger partial charge on any atom is -0.468 e. The second-order valence-corrected chi connectivity index (χ2v) is 6.27. The molecular formula is C15H16ClF2NO3. The first-order valence-electron chi connectivity index (χ1n) is 7.14. The molecule has 120 valence electrons. The molecule has 0 atom stereocenters. The average molecular weight is 332 g/mol. The molecule has 1 aromatic heterocycles. The normalized spacial score (nSPS) is 27.6. The predicted molar refractivity (Wildman–Crippen MR) is 75.0 cm³/mol. The molecule has 2 aliphatic carbocycles. The van der Waals surface area contributed by atoms with Gasteiger partial charge in [0.05, 0.1) is 18.6 Å². The lowest BCUT2D eigenvalue weighted by Crippen LogP contribution is -2.52. The number of nitrogens with zero attached hydrogens (tertiary/aromatic N) is 1. The van der Waals surface area contributed by atoms with E-state index in [4.69, 9.17) is 16.3 Å². The van der Waals surface area contributed by atoms with Crippen LogP contribution in [-0.2, 0) is 19.7 Å². The Morgan fingerprint density at radius 3 is 2.64 bits per heavy atom. The van der Waals surface area contributed by atoms with Gasteiger partial charge in [0.25, 0.3) is 0 Å². The van der Waals surface area contributed by atoms with Crippen LogP contribution in [0.1, 0.15) is 42.9 Å². The number of rotatable bonds is 5. The smallest absolute Gasteiger partial charge is 0.345 e.